The van der Waals surface area contributed by atoms with Gasteiger partial charge < -0.3 is 20.1 Å². The highest BCUT2D eigenvalue weighted by atomic mass is 16.5. The van der Waals surface area contributed by atoms with Crippen LogP contribution in [0.25, 0.3) is 0 Å². The van der Waals surface area contributed by atoms with Crippen LogP contribution in [0, 0.1) is 0 Å². The summed E-state index contributed by atoms with van der Waals surface area (Å²) >= 11 is 0. The summed E-state index contributed by atoms with van der Waals surface area (Å²) in [5.74, 6) is -0.734. The first-order valence-electron chi connectivity index (χ1n) is 9.95. The van der Waals surface area contributed by atoms with Gasteiger partial charge in [0, 0.05) is 19.0 Å². The lowest BCUT2D eigenvalue weighted by atomic mass is 10.0. The Hall–Kier alpha value is -4.13. The highest BCUT2D eigenvalue weighted by Gasteiger charge is 2.31. The smallest absolute Gasteiger partial charge is 0.308 e. The van der Waals surface area contributed by atoms with E-state index in [2.05, 4.69) is 0 Å². The summed E-state index contributed by atoms with van der Waals surface area (Å²) < 4.78 is 10.4. The van der Waals surface area contributed by atoms with Crippen LogP contribution in [0.5, 0.6) is 11.5 Å². The van der Waals surface area contributed by atoms with Crippen molar-refractivity contribution >= 4 is 17.8 Å². The number of hydrogen-bond donors (Lipinski definition) is 1. The summed E-state index contributed by atoms with van der Waals surface area (Å²) in [5.41, 5.74) is 7.37. The molecule has 2 N–H and O–H groups in total. The molecule has 7 heteroatoms. The molecule has 2 amide bonds. The Morgan fingerprint density at radius 1 is 0.906 bits per heavy atom. The van der Waals surface area contributed by atoms with Gasteiger partial charge in [-0.15, -0.1) is 0 Å². The molecule has 0 unspecified atom stereocenters. The Bertz CT molecular complexity index is 1110. The van der Waals surface area contributed by atoms with Gasteiger partial charge in [-0.3, -0.25) is 14.4 Å². The van der Waals surface area contributed by atoms with E-state index in [0.29, 0.717) is 11.3 Å². The van der Waals surface area contributed by atoms with E-state index in [9.17, 15) is 14.4 Å². The van der Waals surface area contributed by atoms with Gasteiger partial charge in [-0.05, 0) is 41.5 Å². The van der Waals surface area contributed by atoms with Gasteiger partial charge in [-0.2, -0.15) is 0 Å². The Labute approximate surface area is 186 Å². The number of esters is 1. The number of primary amides is 1. The average Bonchev–Trinajstić information content (AvgIpc) is 2.78. The van der Waals surface area contributed by atoms with E-state index in [-0.39, 0.29) is 17.9 Å². The number of carbonyl (C=O) groups is 3. The Morgan fingerprint density at radius 2 is 1.59 bits per heavy atom. The van der Waals surface area contributed by atoms with E-state index >= 15 is 0 Å². The minimum absolute atomic E-state index is 0.107. The second kappa shape index (κ2) is 10.3. The van der Waals surface area contributed by atoms with Crippen LogP contribution in [-0.2, 0) is 16.1 Å². The Kier molecular flexibility index (Phi) is 7.23. The zero-order valence-electron chi connectivity index (χ0n) is 17.9. The normalized spacial score (nSPS) is 11.3. The van der Waals surface area contributed by atoms with Gasteiger partial charge in [0.2, 0.25) is 5.91 Å². The van der Waals surface area contributed by atoms with Crippen LogP contribution < -0.4 is 15.2 Å². The number of rotatable bonds is 8. The van der Waals surface area contributed by atoms with Gasteiger partial charge in [0.05, 0.1) is 7.11 Å². The van der Waals surface area contributed by atoms with Crippen LogP contribution in [0.4, 0.5) is 0 Å². The molecule has 0 bridgehead atoms. The molecule has 0 aliphatic heterocycles. The van der Waals surface area contributed by atoms with Crippen molar-refractivity contribution < 1.29 is 23.9 Å². The summed E-state index contributed by atoms with van der Waals surface area (Å²) in [6.45, 7) is 1.39. The van der Waals surface area contributed by atoms with Gasteiger partial charge in [0.25, 0.3) is 5.91 Å². The fourth-order valence-electron chi connectivity index (χ4n) is 3.41. The first-order chi connectivity index (χ1) is 15.4. The van der Waals surface area contributed by atoms with Gasteiger partial charge in [0.1, 0.15) is 17.5 Å². The minimum atomic E-state index is -1.01. The number of ether oxygens (including phenoxy) is 2. The van der Waals surface area contributed by atoms with E-state index in [1.54, 1.807) is 67.8 Å². The van der Waals surface area contributed by atoms with E-state index in [1.165, 1.54) is 17.9 Å². The molecule has 3 rings (SSSR count). The zero-order valence-corrected chi connectivity index (χ0v) is 17.9. The highest BCUT2D eigenvalue weighted by molar-refractivity contribution is 5.98. The number of hydrogen-bond acceptors (Lipinski definition) is 5. The molecular weight excluding hydrogens is 408 g/mol. The lowest BCUT2D eigenvalue weighted by Gasteiger charge is -2.30. The van der Waals surface area contributed by atoms with E-state index in [0.717, 1.165) is 5.56 Å². The van der Waals surface area contributed by atoms with E-state index < -0.39 is 23.8 Å². The van der Waals surface area contributed by atoms with Crippen LogP contribution in [0.3, 0.4) is 0 Å². The lowest BCUT2D eigenvalue weighted by molar-refractivity contribution is -0.131. The number of methoxy groups -OCH3 is 1. The van der Waals surface area contributed by atoms with Gasteiger partial charge in [-0.1, -0.05) is 48.5 Å². The molecule has 3 aromatic carbocycles. The SMILES string of the molecule is COc1cccc(CN(C(=O)c2cccc(OC(C)=O)c2)[C@@H](C(N)=O)c2ccccc2)c1. The van der Waals surface area contributed by atoms with Crippen molar-refractivity contribution in [1.29, 1.82) is 0 Å². The second-order valence-corrected chi connectivity index (χ2v) is 7.12. The van der Waals surface area contributed by atoms with Crippen molar-refractivity contribution in [3.8, 4) is 11.5 Å². The highest BCUT2D eigenvalue weighted by Crippen LogP contribution is 2.27. The van der Waals surface area contributed by atoms with Crippen molar-refractivity contribution in [2.45, 2.75) is 19.5 Å². The summed E-state index contributed by atoms with van der Waals surface area (Å²) in [5, 5.41) is 0. The van der Waals surface area contributed by atoms with Crippen molar-refractivity contribution in [2.75, 3.05) is 7.11 Å². The number of carbonyl (C=O) groups excluding carboxylic acids is 3. The largest absolute Gasteiger partial charge is 0.497 e. The molecule has 3 aromatic rings. The summed E-state index contributed by atoms with van der Waals surface area (Å²) in [6, 6.07) is 21.3. The maximum Gasteiger partial charge on any atom is 0.308 e. The molecule has 0 spiro atoms. The van der Waals surface area contributed by atoms with Gasteiger partial charge in [0.15, 0.2) is 0 Å². The van der Waals surface area contributed by atoms with E-state index in [1.807, 2.05) is 12.1 Å². The maximum atomic E-state index is 13.6. The Morgan fingerprint density at radius 3 is 2.25 bits per heavy atom. The topological polar surface area (TPSA) is 98.9 Å². The number of amides is 2. The predicted molar refractivity (Wildman–Crippen MR) is 119 cm³/mol. The van der Waals surface area contributed by atoms with Crippen LogP contribution in [0.15, 0.2) is 78.9 Å². The molecule has 32 heavy (non-hydrogen) atoms. The number of nitrogens with zero attached hydrogens (tertiary/aromatic N) is 1. The molecule has 0 aliphatic rings. The fourth-order valence-corrected chi connectivity index (χ4v) is 3.41. The maximum absolute atomic E-state index is 13.6. The molecule has 1 atom stereocenters. The standard InChI is InChI=1S/C25H24N2O5/c1-17(28)32-22-13-7-11-20(15-22)25(30)27(16-18-8-6-12-21(14-18)31-2)23(24(26)29)19-9-4-3-5-10-19/h3-15,23H,16H2,1-2H3,(H2,26,29)/t23-/m1/s1. The summed E-state index contributed by atoms with van der Waals surface area (Å²) in [4.78, 5) is 38.9. The molecule has 0 heterocycles. The molecule has 0 saturated heterocycles. The molecule has 0 aromatic heterocycles. The molecule has 0 radical (unpaired) electrons. The van der Waals surface area contributed by atoms with Crippen molar-refractivity contribution in [2.24, 2.45) is 5.73 Å². The third-order valence-electron chi connectivity index (χ3n) is 4.79. The third-order valence-corrected chi connectivity index (χ3v) is 4.79. The van der Waals surface area contributed by atoms with Crippen molar-refractivity contribution in [1.82, 2.24) is 4.90 Å². The summed E-state index contributed by atoms with van der Waals surface area (Å²) in [6.07, 6.45) is 0. The van der Waals surface area contributed by atoms with Crippen molar-refractivity contribution in [3.63, 3.8) is 0 Å². The van der Waals surface area contributed by atoms with Gasteiger partial charge in [-0.25, -0.2) is 0 Å². The third kappa shape index (κ3) is 5.51. The first-order valence-corrected chi connectivity index (χ1v) is 9.95. The Balaban J connectivity index is 2.05. The zero-order chi connectivity index (χ0) is 23.1. The van der Waals surface area contributed by atoms with Crippen molar-refractivity contribution in [3.05, 3.63) is 95.6 Å². The monoisotopic (exact) mass is 432 g/mol. The second-order valence-electron chi connectivity index (χ2n) is 7.12. The molecule has 7 nitrogen and oxygen atoms in total. The lowest BCUT2D eigenvalue weighted by Crippen LogP contribution is -2.41. The fraction of sp³-hybridized carbons (Fsp3) is 0.160. The number of benzene rings is 3. The quantitative estimate of drug-likeness (QED) is 0.434. The minimum Gasteiger partial charge on any atom is -0.497 e. The molecule has 0 aliphatic carbocycles. The van der Waals surface area contributed by atoms with Crippen LogP contribution in [-0.4, -0.2) is 29.8 Å². The van der Waals surface area contributed by atoms with Crippen LogP contribution in [0.1, 0.15) is 34.5 Å². The predicted octanol–water partition coefficient (Wildman–Crippen LogP) is 3.49. The number of nitrogens with two attached hydrogens (primary N) is 1. The molecule has 0 saturated carbocycles. The first kappa shape index (κ1) is 22.6. The summed E-state index contributed by atoms with van der Waals surface area (Å²) in [7, 11) is 1.55. The molecule has 0 fully saturated rings. The van der Waals surface area contributed by atoms with Crippen LogP contribution in [0.2, 0.25) is 0 Å². The molecular formula is C25H24N2O5. The van der Waals surface area contributed by atoms with Crippen LogP contribution >= 0.6 is 0 Å². The molecule has 164 valence electrons. The average molecular weight is 432 g/mol. The van der Waals surface area contributed by atoms with E-state index in [4.69, 9.17) is 15.2 Å². The van der Waals surface area contributed by atoms with Gasteiger partial charge >= 0.3 is 5.97 Å².